The number of guanidine groups is 1. The first kappa shape index (κ1) is 17.7. The summed E-state index contributed by atoms with van der Waals surface area (Å²) in [4.78, 5) is 4.72. The van der Waals surface area contributed by atoms with Crippen LogP contribution in [-0.4, -0.2) is 50.5 Å². The van der Waals surface area contributed by atoms with Gasteiger partial charge in [-0.15, -0.1) is 0 Å². The van der Waals surface area contributed by atoms with Crippen LogP contribution in [0.4, 0.5) is 0 Å². The van der Waals surface area contributed by atoms with Crippen molar-refractivity contribution < 1.29 is 14.2 Å². The van der Waals surface area contributed by atoms with Gasteiger partial charge in [0, 0.05) is 13.1 Å². The maximum atomic E-state index is 6.31. The minimum Gasteiger partial charge on any atom is -0.486 e. The summed E-state index contributed by atoms with van der Waals surface area (Å²) >= 11 is 6.31. The second kappa shape index (κ2) is 7.92. The van der Waals surface area contributed by atoms with Gasteiger partial charge in [-0.3, -0.25) is 4.99 Å². The molecule has 7 heteroatoms. The Labute approximate surface area is 159 Å². The summed E-state index contributed by atoms with van der Waals surface area (Å²) in [6.07, 6.45) is 4.98. The van der Waals surface area contributed by atoms with Crippen LogP contribution in [0, 0.1) is 0 Å². The van der Waals surface area contributed by atoms with E-state index >= 15 is 0 Å². The van der Waals surface area contributed by atoms with E-state index < -0.39 is 0 Å². The van der Waals surface area contributed by atoms with Crippen molar-refractivity contribution in [2.24, 2.45) is 4.99 Å². The second-order valence-electron chi connectivity index (χ2n) is 6.97. The lowest BCUT2D eigenvalue weighted by molar-refractivity contribution is 0.0992. The van der Waals surface area contributed by atoms with E-state index in [4.69, 9.17) is 30.8 Å². The molecule has 3 atom stereocenters. The lowest BCUT2D eigenvalue weighted by Gasteiger charge is -2.22. The molecule has 26 heavy (non-hydrogen) atoms. The Bertz CT molecular complexity index is 682. The van der Waals surface area contributed by atoms with Crippen molar-refractivity contribution in [3.8, 4) is 11.5 Å². The van der Waals surface area contributed by atoms with Gasteiger partial charge >= 0.3 is 0 Å². The number of hydrogen-bond donors (Lipinski definition) is 2. The third-order valence-electron chi connectivity index (χ3n) is 5.10. The zero-order chi connectivity index (χ0) is 17.9. The molecule has 3 aliphatic rings. The van der Waals surface area contributed by atoms with Crippen LogP contribution in [-0.2, 0) is 11.2 Å². The van der Waals surface area contributed by atoms with Gasteiger partial charge in [0.25, 0.3) is 0 Å². The van der Waals surface area contributed by atoms with E-state index in [-0.39, 0.29) is 0 Å². The van der Waals surface area contributed by atoms with Crippen LogP contribution in [0.25, 0.3) is 0 Å². The number of nitrogens with zero attached hydrogens (tertiary/aromatic N) is 1. The Morgan fingerprint density at radius 3 is 2.92 bits per heavy atom. The fourth-order valence-corrected chi connectivity index (χ4v) is 4.18. The first-order valence-corrected chi connectivity index (χ1v) is 9.89. The normalized spacial score (nSPS) is 26.8. The van der Waals surface area contributed by atoms with Crippen LogP contribution in [0.2, 0.25) is 5.02 Å². The Balaban J connectivity index is 1.37. The Hall–Kier alpha value is -1.66. The molecule has 4 rings (SSSR count). The quantitative estimate of drug-likeness (QED) is 0.608. The minimum absolute atomic E-state index is 0.334. The molecule has 6 nitrogen and oxygen atoms in total. The zero-order valence-electron chi connectivity index (χ0n) is 15.1. The summed E-state index contributed by atoms with van der Waals surface area (Å²) in [5.74, 6) is 2.24. The van der Waals surface area contributed by atoms with E-state index in [9.17, 15) is 0 Å². The van der Waals surface area contributed by atoms with Crippen molar-refractivity contribution in [1.82, 2.24) is 10.6 Å². The van der Waals surface area contributed by atoms with Crippen LogP contribution in [0.3, 0.4) is 0 Å². The first-order chi connectivity index (χ1) is 12.7. The highest BCUT2D eigenvalue weighted by atomic mass is 35.5. The number of rotatable bonds is 5. The predicted molar refractivity (Wildman–Crippen MR) is 102 cm³/mol. The van der Waals surface area contributed by atoms with E-state index in [1.807, 2.05) is 12.1 Å². The molecule has 2 N–H and O–H groups in total. The van der Waals surface area contributed by atoms with Gasteiger partial charge in [-0.05, 0) is 50.3 Å². The third-order valence-corrected chi connectivity index (χ3v) is 5.38. The lowest BCUT2D eigenvalue weighted by atomic mass is 9.96. The van der Waals surface area contributed by atoms with Crippen molar-refractivity contribution in [1.29, 1.82) is 0 Å². The number of hydrogen-bond acceptors (Lipinski definition) is 4. The van der Waals surface area contributed by atoms with Gasteiger partial charge in [-0.25, -0.2) is 0 Å². The molecule has 3 aliphatic heterocycles. The first-order valence-electron chi connectivity index (χ1n) is 9.51. The van der Waals surface area contributed by atoms with Gasteiger partial charge in [0.1, 0.15) is 13.2 Å². The van der Waals surface area contributed by atoms with Crippen LogP contribution < -0.4 is 20.1 Å². The van der Waals surface area contributed by atoms with E-state index in [0.717, 1.165) is 43.1 Å². The number of benzene rings is 1. The highest BCUT2D eigenvalue weighted by molar-refractivity contribution is 6.32. The SMILES string of the molecule is CCNC(=NCCc1cc(Cl)c2c(c1)OCCO2)NC1CC2CCC1O2. The molecule has 0 aromatic heterocycles. The molecule has 1 aromatic rings. The van der Waals surface area contributed by atoms with E-state index in [1.165, 1.54) is 6.42 Å². The summed E-state index contributed by atoms with van der Waals surface area (Å²) in [7, 11) is 0. The molecule has 3 unspecified atom stereocenters. The highest BCUT2D eigenvalue weighted by Crippen LogP contribution is 2.38. The van der Waals surface area contributed by atoms with E-state index in [0.29, 0.717) is 48.8 Å². The van der Waals surface area contributed by atoms with Crippen LogP contribution in [0.15, 0.2) is 17.1 Å². The maximum absolute atomic E-state index is 6.31. The number of nitrogens with one attached hydrogen (secondary N) is 2. The molecule has 3 heterocycles. The summed E-state index contributed by atoms with van der Waals surface area (Å²) in [6, 6.07) is 4.31. The van der Waals surface area contributed by atoms with Crippen molar-refractivity contribution >= 4 is 17.6 Å². The number of halogens is 1. The standard InChI is InChI=1S/C19H26ClN3O3/c1-2-21-19(23-15-11-13-3-4-16(15)26-13)22-6-5-12-9-14(20)18-17(10-12)24-7-8-25-18/h9-10,13,15-16H,2-8,11H2,1H3,(H2,21,22,23). The van der Waals surface area contributed by atoms with Gasteiger partial charge < -0.3 is 24.8 Å². The van der Waals surface area contributed by atoms with Crippen molar-refractivity contribution in [2.45, 2.75) is 50.9 Å². The smallest absolute Gasteiger partial charge is 0.191 e. The molecular weight excluding hydrogens is 354 g/mol. The average molecular weight is 380 g/mol. The topological polar surface area (TPSA) is 64.1 Å². The van der Waals surface area contributed by atoms with Crippen LogP contribution in [0.1, 0.15) is 31.7 Å². The number of ether oxygens (including phenoxy) is 3. The fourth-order valence-electron chi connectivity index (χ4n) is 3.89. The summed E-state index contributed by atoms with van der Waals surface area (Å²) < 4.78 is 17.1. The lowest BCUT2D eigenvalue weighted by Crippen LogP contribution is -2.47. The van der Waals surface area contributed by atoms with Crippen molar-refractivity contribution in [2.75, 3.05) is 26.3 Å². The van der Waals surface area contributed by atoms with Gasteiger partial charge in [-0.1, -0.05) is 11.6 Å². The molecular formula is C19H26ClN3O3. The highest BCUT2D eigenvalue weighted by Gasteiger charge is 2.41. The third kappa shape index (κ3) is 3.86. The molecule has 0 spiro atoms. The van der Waals surface area contributed by atoms with Crippen molar-refractivity contribution in [3.63, 3.8) is 0 Å². The summed E-state index contributed by atoms with van der Waals surface area (Å²) in [6.45, 7) is 4.69. The molecule has 2 saturated heterocycles. The van der Waals surface area contributed by atoms with Crippen LogP contribution >= 0.6 is 11.6 Å². The Morgan fingerprint density at radius 1 is 1.27 bits per heavy atom. The molecule has 2 bridgehead atoms. The Kier molecular flexibility index (Phi) is 5.41. The maximum Gasteiger partial charge on any atom is 0.191 e. The van der Waals surface area contributed by atoms with Gasteiger partial charge in [0.15, 0.2) is 17.5 Å². The van der Waals surface area contributed by atoms with Gasteiger partial charge in [-0.2, -0.15) is 0 Å². The molecule has 0 radical (unpaired) electrons. The van der Waals surface area contributed by atoms with E-state index in [2.05, 4.69) is 17.6 Å². The largest absolute Gasteiger partial charge is 0.486 e. The monoisotopic (exact) mass is 379 g/mol. The molecule has 0 aliphatic carbocycles. The second-order valence-corrected chi connectivity index (χ2v) is 7.38. The van der Waals surface area contributed by atoms with Crippen LogP contribution in [0.5, 0.6) is 11.5 Å². The summed E-state index contributed by atoms with van der Waals surface area (Å²) in [5, 5.41) is 7.47. The molecule has 2 fully saturated rings. The number of fused-ring (bicyclic) bond motifs is 3. The zero-order valence-corrected chi connectivity index (χ0v) is 15.8. The molecule has 1 aromatic carbocycles. The van der Waals surface area contributed by atoms with Crippen molar-refractivity contribution in [3.05, 3.63) is 22.7 Å². The molecule has 0 saturated carbocycles. The number of aliphatic imine (C=N–C) groups is 1. The minimum atomic E-state index is 0.334. The van der Waals surface area contributed by atoms with Gasteiger partial charge in [0.2, 0.25) is 0 Å². The molecule has 0 amide bonds. The Morgan fingerprint density at radius 2 is 2.15 bits per heavy atom. The predicted octanol–water partition coefficient (Wildman–Crippen LogP) is 2.53. The molecule has 142 valence electrons. The summed E-state index contributed by atoms with van der Waals surface area (Å²) in [5.41, 5.74) is 1.10. The fraction of sp³-hybridized carbons (Fsp3) is 0.632. The van der Waals surface area contributed by atoms with Gasteiger partial charge in [0.05, 0.1) is 23.3 Å². The van der Waals surface area contributed by atoms with E-state index in [1.54, 1.807) is 0 Å². The average Bonchev–Trinajstić information content (AvgIpc) is 3.25.